The summed E-state index contributed by atoms with van der Waals surface area (Å²) >= 11 is 0. The Balaban J connectivity index is 2.40. The second-order valence-electron chi connectivity index (χ2n) is 6.34. The summed E-state index contributed by atoms with van der Waals surface area (Å²) in [5.74, 6) is 0.558. The van der Waals surface area contributed by atoms with Gasteiger partial charge in [0.25, 0.3) is 10.0 Å². The number of methoxy groups -OCH3 is 2. The molecule has 0 radical (unpaired) electrons. The van der Waals surface area contributed by atoms with Gasteiger partial charge < -0.3 is 14.2 Å². The molecule has 0 heterocycles. The first-order valence-electron chi connectivity index (χ1n) is 9.30. The minimum Gasteiger partial charge on any atom is -0.493 e. The number of hydrogen-bond donors (Lipinski definition) is 0. The summed E-state index contributed by atoms with van der Waals surface area (Å²) in [6.07, 6.45) is 0.444. The van der Waals surface area contributed by atoms with E-state index in [9.17, 15) is 13.2 Å². The lowest BCUT2D eigenvalue weighted by atomic mass is 10.2. The molecule has 158 valence electrons. The minimum atomic E-state index is -3.84. The fourth-order valence-corrected chi connectivity index (χ4v) is 4.30. The lowest BCUT2D eigenvalue weighted by Crippen LogP contribution is -2.32. The Morgan fingerprint density at radius 2 is 1.66 bits per heavy atom. The summed E-state index contributed by atoms with van der Waals surface area (Å²) in [6, 6.07) is 11.5. The van der Waals surface area contributed by atoms with Crippen LogP contribution >= 0.6 is 0 Å². The molecule has 2 aromatic rings. The van der Waals surface area contributed by atoms with Gasteiger partial charge in [0, 0.05) is 19.0 Å². The summed E-state index contributed by atoms with van der Waals surface area (Å²) in [6.45, 7) is 4.03. The SMILES string of the molecule is CCOC(=O)CCCN(c1ccc(OC)c(OC)c1)S(=O)(=O)c1ccc(C)cc1. The molecule has 0 saturated heterocycles. The first-order valence-corrected chi connectivity index (χ1v) is 10.7. The van der Waals surface area contributed by atoms with E-state index in [1.807, 2.05) is 6.92 Å². The normalized spacial score (nSPS) is 11.0. The largest absolute Gasteiger partial charge is 0.493 e. The Labute approximate surface area is 172 Å². The lowest BCUT2D eigenvalue weighted by Gasteiger charge is -2.25. The number of benzene rings is 2. The van der Waals surface area contributed by atoms with E-state index >= 15 is 0 Å². The molecular formula is C21H27NO6S. The Bertz CT molecular complexity index is 925. The minimum absolute atomic E-state index is 0.116. The third-order valence-corrected chi connectivity index (χ3v) is 6.15. The molecule has 0 aliphatic heterocycles. The molecule has 0 atom stereocenters. The number of esters is 1. The van der Waals surface area contributed by atoms with Crippen molar-refractivity contribution in [2.45, 2.75) is 31.6 Å². The van der Waals surface area contributed by atoms with Crippen molar-refractivity contribution >= 4 is 21.7 Å². The van der Waals surface area contributed by atoms with Gasteiger partial charge >= 0.3 is 5.97 Å². The molecule has 0 unspecified atom stereocenters. The third kappa shape index (κ3) is 5.63. The topological polar surface area (TPSA) is 82.1 Å². The number of ether oxygens (including phenoxy) is 3. The van der Waals surface area contributed by atoms with Crippen LogP contribution in [0, 0.1) is 6.92 Å². The quantitative estimate of drug-likeness (QED) is 0.546. The highest BCUT2D eigenvalue weighted by Crippen LogP contribution is 2.34. The third-order valence-electron chi connectivity index (χ3n) is 4.31. The zero-order valence-corrected chi connectivity index (χ0v) is 18.0. The average Bonchev–Trinajstić information content (AvgIpc) is 2.71. The molecule has 0 bridgehead atoms. The van der Waals surface area contributed by atoms with Crippen molar-refractivity contribution in [1.29, 1.82) is 0 Å². The zero-order chi connectivity index (χ0) is 21.4. The zero-order valence-electron chi connectivity index (χ0n) is 17.2. The molecular weight excluding hydrogens is 394 g/mol. The first kappa shape index (κ1) is 22.5. The Morgan fingerprint density at radius 1 is 1.00 bits per heavy atom. The van der Waals surface area contributed by atoms with E-state index < -0.39 is 10.0 Å². The van der Waals surface area contributed by atoms with Crippen LogP contribution in [-0.4, -0.2) is 41.8 Å². The molecule has 2 aromatic carbocycles. The Morgan fingerprint density at radius 3 is 2.24 bits per heavy atom. The van der Waals surface area contributed by atoms with Crippen LogP contribution in [0.2, 0.25) is 0 Å². The fourth-order valence-electron chi connectivity index (χ4n) is 2.81. The maximum atomic E-state index is 13.3. The summed E-state index contributed by atoms with van der Waals surface area (Å²) in [5, 5.41) is 0. The van der Waals surface area contributed by atoms with Crippen molar-refractivity contribution in [3.05, 3.63) is 48.0 Å². The summed E-state index contributed by atoms with van der Waals surface area (Å²) in [5.41, 5.74) is 1.39. The molecule has 7 nitrogen and oxygen atoms in total. The van der Waals surface area contributed by atoms with E-state index in [4.69, 9.17) is 14.2 Å². The number of anilines is 1. The van der Waals surface area contributed by atoms with Crippen molar-refractivity contribution in [2.24, 2.45) is 0 Å². The van der Waals surface area contributed by atoms with Crippen LogP contribution in [0.25, 0.3) is 0 Å². The second-order valence-corrected chi connectivity index (χ2v) is 8.20. The monoisotopic (exact) mass is 421 g/mol. The summed E-state index contributed by atoms with van der Waals surface area (Å²) < 4.78 is 43.4. The van der Waals surface area contributed by atoms with Crippen LogP contribution < -0.4 is 13.8 Å². The van der Waals surface area contributed by atoms with Crippen LogP contribution in [-0.2, 0) is 19.6 Å². The molecule has 0 aliphatic carbocycles. The second kappa shape index (κ2) is 10.2. The van der Waals surface area contributed by atoms with E-state index in [0.717, 1.165) is 5.56 Å². The molecule has 29 heavy (non-hydrogen) atoms. The summed E-state index contributed by atoms with van der Waals surface area (Å²) in [7, 11) is -0.842. The van der Waals surface area contributed by atoms with Gasteiger partial charge in [0.1, 0.15) is 0 Å². The highest BCUT2D eigenvalue weighted by molar-refractivity contribution is 7.92. The van der Waals surface area contributed by atoms with Crippen LogP contribution in [0.4, 0.5) is 5.69 Å². The number of nitrogens with zero attached hydrogens (tertiary/aromatic N) is 1. The highest BCUT2D eigenvalue weighted by atomic mass is 32.2. The predicted molar refractivity (Wildman–Crippen MR) is 111 cm³/mol. The molecule has 0 aromatic heterocycles. The van der Waals surface area contributed by atoms with E-state index in [0.29, 0.717) is 30.2 Å². The van der Waals surface area contributed by atoms with Gasteiger partial charge in [0.15, 0.2) is 11.5 Å². The van der Waals surface area contributed by atoms with Gasteiger partial charge in [0.05, 0.1) is 31.4 Å². The van der Waals surface area contributed by atoms with Crippen molar-refractivity contribution in [2.75, 3.05) is 31.7 Å². The van der Waals surface area contributed by atoms with Crippen molar-refractivity contribution in [3.63, 3.8) is 0 Å². The van der Waals surface area contributed by atoms with Gasteiger partial charge in [-0.15, -0.1) is 0 Å². The number of rotatable bonds is 10. The van der Waals surface area contributed by atoms with Crippen LogP contribution in [0.15, 0.2) is 47.4 Å². The standard InChI is InChI=1S/C21H27NO6S/c1-5-28-21(23)7-6-14-22(17-10-13-19(26-3)20(15-17)27-4)29(24,25)18-11-8-16(2)9-12-18/h8-13,15H,5-7,14H2,1-4H3. The lowest BCUT2D eigenvalue weighted by molar-refractivity contribution is -0.143. The molecule has 0 spiro atoms. The van der Waals surface area contributed by atoms with Crippen LogP contribution in [0.3, 0.4) is 0 Å². The Hall–Kier alpha value is -2.74. The number of aryl methyl sites for hydroxylation is 1. The smallest absolute Gasteiger partial charge is 0.305 e. The van der Waals surface area contributed by atoms with Crippen LogP contribution in [0.1, 0.15) is 25.3 Å². The number of hydrogen-bond acceptors (Lipinski definition) is 6. The Kier molecular flexibility index (Phi) is 7.90. The van der Waals surface area contributed by atoms with Gasteiger partial charge in [-0.2, -0.15) is 0 Å². The van der Waals surface area contributed by atoms with E-state index in [2.05, 4.69) is 0 Å². The number of carbonyl (C=O) groups is 1. The van der Waals surface area contributed by atoms with Crippen molar-refractivity contribution < 1.29 is 27.4 Å². The molecule has 0 N–H and O–H groups in total. The average molecular weight is 422 g/mol. The van der Waals surface area contributed by atoms with Crippen molar-refractivity contribution in [3.8, 4) is 11.5 Å². The summed E-state index contributed by atoms with van der Waals surface area (Å²) in [4.78, 5) is 11.9. The van der Waals surface area contributed by atoms with E-state index in [1.165, 1.54) is 18.5 Å². The maximum absolute atomic E-state index is 13.3. The number of carbonyl (C=O) groups excluding carboxylic acids is 1. The maximum Gasteiger partial charge on any atom is 0.305 e. The first-order chi connectivity index (χ1) is 13.8. The van der Waals surface area contributed by atoms with Gasteiger partial charge in [-0.1, -0.05) is 17.7 Å². The molecule has 8 heteroatoms. The van der Waals surface area contributed by atoms with Gasteiger partial charge in [-0.3, -0.25) is 9.10 Å². The van der Waals surface area contributed by atoms with E-state index in [1.54, 1.807) is 49.4 Å². The van der Waals surface area contributed by atoms with Gasteiger partial charge in [-0.05, 0) is 44.5 Å². The van der Waals surface area contributed by atoms with Gasteiger partial charge in [0.2, 0.25) is 0 Å². The number of sulfonamides is 1. The van der Waals surface area contributed by atoms with E-state index in [-0.39, 0.29) is 23.8 Å². The van der Waals surface area contributed by atoms with Crippen LogP contribution in [0.5, 0.6) is 11.5 Å². The molecule has 0 fully saturated rings. The molecule has 2 rings (SSSR count). The molecule has 0 amide bonds. The van der Waals surface area contributed by atoms with Crippen molar-refractivity contribution in [1.82, 2.24) is 0 Å². The fraction of sp³-hybridized carbons (Fsp3) is 0.381. The highest BCUT2D eigenvalue weighted by Gasteiger charge is 2.26. The molecule has 0 saturated carbocycles. The molecule has 0 aliphatic rings. The van der Waals surface area contributed by atoms with Gasteiger partial charge in [-0.25, -0.2) is 8.42 Å². The predicted octanol–water partition coefficient (Wildman–Crippen LogP) is 3.55.